The molecule has 0 aliphatic heterocycles. The number of aliphatic imine (C=N–C) groups is 1. The van der Waals surface area contributed by atoms with E-state index >= 15 is 0 Å². The van der Waals surface area contributed by atoms with Gasteiger partial charge in [0, 0.05) is 17.2 Å². The minimum atomic E-state index is 0.686. The Kier molecular flexibility index (Phi) is 7.28. The van der Waals surface area contributed by atoms with Crippen LogP contribution in [0.5, 0.6) is 0 Å². The highest BCUT2D eigenvalue weighted by atomic mass is 32.2. The van der Waals surface area contributed by atoms with E-state index < -0.39 is 0 Å². The number of hydrogen-bond acceptors (Lipinski definition) is 3. The summed E-state index contributed by atoms with van der Waals surface area (Å²) >= 11 is 3.38. The molecular formula is C14H22N2S2. The standard InChI is InChI=1S/C14H22N2S2/c1-11(2)8-9-16-14(15)18-10-12-4-6-13(17-3)7-5-12/h4-7,11H,8-10H2,1-3H3,(H2,15,16). The molecule has 2 nitrogen and oxygen atoms in total. The van der Waals surface area contributed by atoms with Crippen LogP contribution in [0.15, 0.2) is 34.2 Å². The minimum Gasteiger partial charge on any atom is -0.379 e. The van der Waals surface area contributed by atoms with E-state index in [0.29, 0.717) is 11.1 Å². The van der Waals surface area contributed by atoms with Crippen LogP contribution in [0.2, 0.25) is 0 Å². The fourth-order valence-electron chi connectivity index (χ4n) is 1.36. The smallest absolute Gasteiger partial charge is 0.154 e. The molecule has 0 fully saturated rings. The first-order chi connectivity index (χ1) is 8.61. The second-order valence-electron chi connectivity index (χ2n) is 4.54. The maximum absolute atomic E-state index is 5.87. The number of nitrogens with two attached hydrogens (primary N) is 1. The van der Waals surface area contributed by atoms with E-state index in [-0.39, 0.29) is 0 Å². The van der Waals surface area contributed by atoms with Gasteiger partial charge < -0.3 is 5.73 Å². The maximum Gasteiger partial charge on any atom is 0.154 e. The van der Waals surface area contributed by atoms with Crippen LogP contribution in [0, 0.1) is 5.92 Å². The summed E-state index contributed by atoms with van der Waals surface area (Å²) in [6, 6.07) is 8.60. The third-order valence-electron chi connectivity index (χ3n) is 2.52. The fourth-order valence-corrected chi connectivity index (χ4v) is 2.46. The molecule has 0 bridgehead atoms. The van der Waals surface area contributed by atoms with E-state index in [1.54, 1.807) is 23.5 Å². The zero-order valence-corrected chi connectivity index (χ0v) is 13.0. The van der Waals surface area contributed by atoms with Gasteiger partial charge in [-0.25, -0.2) is 0 Å². The average Bonchev–Trinajstić information content (AvgIpc) is 2.36. The highest BCUT2D eigenvalue weighted by molar-refractivity contribution is 8.13. The Labute approximate surface area is 119 Å². The van der Waals surface area contributed by atoms with Gasteiger partial charge in [-0.2, -0.15) is 0 Å². The summed E-state index contributed by atoms with van der Waals surface area (Å²) in [4.78, 5) is 5.66. The average molecular weight is 282 g/mol. The molecule has 0 saturated carbocycles. The number of rotatable bonds is 6. The van der Waals surface area contributed by atoms with Gasteiger partial charge in [0.25, 0.3) is 0 Å². The van der Waals surface area contributed by atoms with Crippen molar-refractivity contribution in [2.24, 2.45) is 16.6 Å². The number of amidine groups is 1. The summed E-state index contributed by atoms with van der Waals surface area (Å²) in [5.41, 5.74) is 7.16. The second kappa shape index (κ2) is 8.48. The van der Waals surface area contributed by atoms with Crippen LogP contribution >= 0.6 is 23.5 Å². The third-order valence-corrected chi connectivity index (χ3v) is 4.17. The molecule has 0 amide bonds. The van der Waals surface area contributed by atoms with Crippen LogP contribution in [0.3, 0.4) is 0 Å². The van der Waals surface area contributed by atoms with Crippen molar-refractivity contribution in [1.82, 2.24) is 0 Å². The lowest BCUT2D eigenvalue weighted by Gasteiger charge is -2.04. The molecule has 2 N–H and O–H groups in total. The quantitative estimate of drug-likeness (QED) is 0.487. The molecule has 1 aromatic rings. The molecule has 0 aliphatic rings. The SMILES string of the molecule is CSc1ccc(CSC(N)=NCCC(C)C)cc1. The van der Waals surface area contributed by atoms with Crippen molar-refractivity contribution in [3.8, 4) is 0 Å². The lowest BCUT2D eigenvalue weighted by atomic mass is 10.1. The summed E-state index contributed by atoms with van der Waals surface area (Å²) in [5.74, 6) is 1.58. The van der Waals surface area contributed by atoms with Crippen molar-refractivity contribution in [3.05, 3.63) is 29.8 Å². The van der Waals surface area contributed by atoms with E-state index in [2.05, 4.69) is 49.4 Å². The molecule has 0 saturated heterocycles. The largest absolute Gasteiger partial charge is 0.379 e. The number of benzene rings is 1. The molecule has 1 rings (SSSR count). The van der Waals surface area contributed by atoms with Gasteiger partial charge in [-0.15, -0.1) is 11.8 Å². The van der Waals surface area contributed by atoms with Crippen molar-refractivity contribution >= 4 is 28.7 Å². The molecule has 100 valence electrons. The Morgan fingerprint density at radius 3 is 2.50 bits per heavy atom. The number of hydrogen-bond donors (Lipinski definition) is 1. The predicted octanol–water partition coefficient (Wildman–Crippen LogP) is 4.00. The Bertz CT molecular complexity index is 372. The van der Waals surface area contributed by atoms with Gasteiger partial charge in [0.2, 0.25) is 0 Å². The van der Waals surface area contributed by atoms with E-state index in [9.17, 15) is 0 Å². The van der Waals surface area contributed by atoms with Crippen LogP contribution in [-0.2, 0) is 5.75 Å². The van der Waals surface area contributed by atoms with Crippen molar-refractivity contribution in [2.75, 3.05) is 12.8 Å². The summed E-state index contributed by atoms with van der Waals surface area (Å²) in [6.07, 6.45) is 3.19. The van der Waals surface area contributed by atoms with Gasteiger partial charge in [0.05, 0.1) is 0 Å². The molecule has 0 unspecified atom stereocenters. The normalized spacial score (nSPS) is 12.1. The van der Waals surface area contributed by atoms with Gasteiger partial charge in [-0.05, 0) is 36.3 Å². The maximum atomic E-state index is 5.87. The minimum absolute atomic E-state index is 0.686. The van der Waals surface area contributed by atoms with Crippen LogP contribution in [0.4, 0.5) is 0 Å². The summed E-state index contributed by atoms with van der Waals surface area (Å²) in [5, 5.41) is 0.699. The third kappa shape index (κ3) is 6.36. The Morgan fingerprint density at radius 1 is 1.28 bits per heavy atom. The Morgan fingerprint density at radius 2 is 1.94 bits per heavy atom. The zero-order valence-electron chi connectivity index (χ0n) is 11.3. The Balaban J connectivity index is 2.34. The summed E-state index contributed by atoms with van der Waals surface area (Å²) in [6.45, 7) is 5.24. The van der Waals surface area contributed by atoms with Gasteiger partial charge in [0.1, 0.15) is 0 Å². The number of nitrogens with zero attached hydrogens (tertiary/aromatic N) is 1. The van der Waals surface area contributed by atoms with Gasteiger partial charge in [-0.1, -0.05) is 37.7 Å². The highest BCUT2D eigenvalue weighted by Gasteiger charge is 1.98. The van der Waals surface area contributed by atoms with Crippen LogP contribution < -0.4 is 5.73 Å². The lowest BCUT2D eigenvalue weighted by molar-refractivity contribution is 0.597. The van der Waals surface area contributed by atoms with Crippen LogP contribution in [0.1, 0.15) is 25.8 Å². The Hall–Kier alpha value is -0.610. The fraction of sp³-hybridized carbons (Fsp3) is 0.500. The molecular weight excluding hydrogens is 260 g/mol. The first kappa shape index (κ1) is 15.4. The van der Waals surface area contributed by atoms with E-state index in [0.717, 1.165) is 18.7 Å². The van der Waals surface area contributed by atoms with E-state index in [1.165, 1.54) is 10.5 Å². The highest BCUT2D eigenvalue weighted by Crippen LogP contribution is 2.18. The monoisotopic (exact) mass is 282 g/mol. The first-order valence-corrected chi connectivity index (χ1v) is 8.38. The summed E-state index contributed by atoms with van der Waals surface area (Å²) < 4.78 is 0. The van der Waals surface area contributed by atoms with Crippen LogP contribution in [-0.4, -0.2) is 18.0 Å². The molecule has 0 heterocycles. The number of thioether (sulfide) groups is 2. The van der Waals surface area contributed by atoms with E-state index in [1.807, 2.05) is 0 Å². The van der Waals surface area contributed by atoms with Gasteiger partial charge >= 0.3 is 0 Å². The molecule has 0 aromatic heterocycles. The molecule has 4 heteroatoms. The molecule has 1 aromatic carbocycles. The predicted molar refractivity (Wildman–Crippen MR) is 85.5 cm³/mol. The molecule has 0 spiro atoms. The molecule has 18 heavy (non-hydrogen) atoms. The molecule has 0 radical (unpaired) electrons. The van der Waals surface area contributed by atoms with Crippen LogP contribution in [0.25, 0.3) is 0 Å². The molecule has 0 atom stereocenters. The first-order valence-electron chi connectivity index (χ1n) is 6.17. The zero-order chi connectivity index (χ0) is 13.4. The lowest BCUT2D eigenvalue weighted by Crippen LogP contribution is -2.08. The van der Waals surface area contributed by atoms with E-state index in [4.69, 9.17) is 5.73 Å². The van der Waals surface area contributed by atoms with Gasteiger partial charge in [0.15, 0.2) is 5.17 Å². The van der Waals surface area contributed by atoms with Gasteiger partial charge in [-0.3, -0.25) is 4.99 Å². The van der Waals surface area contributed by atoms with Crippen molar-refractivity contribution in [3.63, 3.8) is 0 Å². The topological polar surface area (TPSA) is 38.4 Å². The summed E-state index contributed by atoms with van der Waals surface area (Å²) in [7, 11) is 0. The second-order valence-corrected chi connectivity index (χ2v) is 6.41. The van der Waals surface area contributed by atoms with Crippen molar-refractivity contribution < 1.29 is 0 Å². The molecule has 0 aliphatic carbocycles. The van der Waals surface area contributed by atoms with Crippen molar-refractivity contribution in [1.29, 1.82) is 0 Å². The van der Waals surface area contributed by atoms with Crippen molar-refractivity contribution in [2.45, 2.75) is 30.9 Å².